The van der Waals surface area contributed by atoms with E-state index in [1.165, 1.54) is 11.9 Å². The molecule has 0 fully saturated rings. The van der Waals surface area contributed by atoms with Crippen LogP contribution in [0.3, 0.4) is 0 Å². The molecule has 25 heavy (non-hydrogen) atoms. The minimum atomic E-state index is 0.308. The van der Waals surface area contributed by atoms with Crippen LogP contribution < -0.4 is 4.74 Å². The largest absolute Gasteiger partial charge is 0.471 e. The van der Waals surface area contributed by atoms with E-state index in [-0.39, 0.29) is 0 Å². The minimum absolute atomic E-state index is 0.308. The first-order valence-electron chi connectivity index (χ1n) is 8.09. The third-order valence-corrected chi connectivity index (χ3v) is 4.22. The van der Waals surface area contributed by atoms with Crippen LogP contribution in [0.1, 0.15) is 28.9 Å². The first-order chi connectivity index (χ1) is 12.3. The van der Waals surface area contributed by atoms with Crippen molar-refractivity contribution in [3.8, 4) is 23.1 Å². The van der Waals surface area contributed by atoms with Crippen LogP contribution in [-0.4, -0.2) is 19.9 Å². The van der Waals surface area contributed by atoms with Gasteiger partial charge in [0.05, 0.1) is 11.3 Å². The van der Waals surface area contributed by atoms with Gasteiger partial charge in [0.1, 0.15) is 19.0 Å². The molecule has 122 valence electrons. The van der Waals surface area contributed by atoms with Gasteiger partial charge in [-0.3, -0.25) is 4.98 Å². The van der Waals surface area contributed by atoms with Crippen molar-refractivity contribution in [1.29, 1.82) is 5.26 Å². The smallest absolute Gasteiger partial charge is 0.214 e. The Kier molecular flexibility index (Phi) is 4.05. The van der Waals surface area contributed by atoms with Gasteiger partial charge >= 0.3 is 0 Å². The number of nitriles is 1. The first-order valence-corrected chi connectivity index (χ1v) is 8.09. The zero-order chi connectivity index (χ0) is 17.1. The summed E-state index contributed by atoms with van der Waals surface area (Å²) in [4.78, 5) is 17.1. The number of rotatable bonds is 4. The van der Waals surface area contributed by atoms with Gasteiger partial charge in [0.2, 0.25) is 5.88 Å². The number of aryl methyl sites for hydroxylation is 1. The van der Waals surface area contributed by atoms with Crippen LogP contribution in [-0.2, 0) is 19.4 Å². The molecule has 0 saturated carbocycles. The molecule has 0 N–H and O–H groups in total. The second-order valence-corrected chi connectivity index (χ2v) is 5.85. The molecule has 0 aliphatic heterocycles. The standard InChI is InChI=1S/C19H15N5O/c20-7-13-4-5-15(23-8-13)11-25-19-6-17(14-9-21-12-22-10-14)16-2-1-3-18(16)24-19/h4-6,8-10,12H,1-3,11H2. The molecule has 3 heterocycles. The number of hydrogen-bond donors (Lipinski definition) is 0. The van der Waals surface area contributed by atoms with Gasteiger partial charge in [0.15, 0.2) is 0 Å². The predicted octanol–water partition coefficient (Wildman–Crippen LogP) is 2.87. The third kappa shape index (κ3) is 3.17. The van der Waals surface area contributed by atoms with Crippen LogP contribution in [0.2, 0.25) is 0 Å². The fraction of sp³-hybridized carbons (Fsp3) is 0.211. The maximum absolute atomic E-state index is 8.82. The fourth-order valence-electron chi connectivity index (χ4n) is 3.01. The lowest BCUT2D eigenvalue weighted by Gasteiger charge is -2.12. The summed E-state index contributed by atoms with van der Waals surface area (Å²) in [6.07, 6.45) is 9.77. The second-order valence-electron chi connectivity index (χ2n) is 5.85. The molecule has 1 aliphatic rings. The van der Waals surface area contributed by atoms with Crippen molar-refractivity contribution in [2.24, 2.45) is 0 Å². The Morgan fingerprint density at radius 2 is 2.00 bits per heavy atom. The third-order valence-electron chi connectivity index (χ3n) is 4.22. The van der Waals surface area contributed by atoms with E-state index < -0.39 is 0 Å². The summed E-state index contributed by atoms with van der Waals surface area (Å²) < 4.78 is 5.86. The lowest BCUT2D eigenvalue weighted by Crippen LogP contribution is -2.02. The molecule has 0 radical (unpaired) electrons. The molecule has 3 aromatic heterocycles. The van der Waals surface area contributed by atoms with Crippen LogP contribution in [0.5, 0.6) is 5.88 Å². The van der Waals surface area contributed by atoms with Crippen molar-refractivity contribution in [1.82, 2.24) is 19.9 Å². The maximum Gasteiger partial charge on any atom is 0.214 e. The van der Waals surface area contributed by atoms with Crippen LogP contribution in [0.25, 0.3) is 11.1 Å². The van der Waals surface area contributed by atoms with Crippen molar-refractivity contribution in [2.75, 3.05) is 0 Å². The molecule has 0 bridgehead atoms. The SMILES string of the molecule is N#Cc1ccc(COc2cc(-c3cncnc3)c3c(n2)CCC3)nc1. The van der Waals surface area contributed by atoms with E-state index in [1.807, 2.05) is 18.5 Å². The highest BCUT2D eigenvalue weighted by Crippen LogP contribution is 2.33. The van der Waals surface area contributed by atoms with E-state index in [9.17, 15) is 0 Å². The molecule has 6 heteroatoms. The van der Waals surface area contributed by atoms with E-state index in [0.29, 0.717) is 18.1 Å². The van der Waals surface area contributed by atoms with Gasteiger partial charge in [-0.1, -0.05) is 0 Å². The average Bonchev–Trinajstić information content (AvgIpc) is 3.15. The molecular weight excluding hydrogens is 314 g/mol. The molecule has 0 spiro atoms. The van der Waals surface area contributed by atoms with E-state index in [0.717, 1.165) is 41.8 Å². The fourth-order valence-corrected chi connectivity index (χ4v) is 3.01. The Bertz CT molecular complexity index is 933. The first kappa shape index (κ1) is 15.2. The minimum Gasteiger partial charge on any atom is -0.471 e. The summed E-state index contributed by atoms with van der Waals surface area (Å²) in [6.45, 7) is 0.308. The van der Waals surface area contributed by atoms with Crippen LogP contribution in [0.15, 0.2) is 43.1 Å². The average molecular weight is 329 g/mol. The lowest BCUT2D eigenvalue weighted by molar-refractivity contribution is 0.288. The monoisotopic (exact) mass is 329 g/mol. The van der Waals surface area contributed by atoms with Gasteiger partial charge in [0.25, 0.3) is 0 Å². The van der Waals surface area contributed by atoms with Crippen LogP contribution in [0.4, 0.5) is 0 Å². The van der Waals surface area contributed by atoms with Crippen molar-refractivity contribution in [2.45, 2.75) is 25.9 Å². The van der Waals surface area contributed by atoms with E-state index in [1.54, 1.807) is 18.3 Å². The Labute approximate surface area is 145 Å². The Balaban J connectivity index is 1.61. The van der Waals surface area contributed by atoms with Gasteiger partial charge in [-0.15, -0.1) is 0 Å². The van der Waals surface area contributed by atoms with Crippen LogP contribution >= 0.6 is 0 Å². The molecular formula is C19H15N5O. The quantitative estimate of drug-likeness (QED) is 0.732. The Morgan fingerprint density at radius 3 is 2.76 bits per heavy atom. The number of aromatic nitrogens is 4. The highest BCUT2D eigenvalue weighted by Gasteiger charge is 2.19. The maximum atomic E-state index is 8.82. The highest BCUT2D eigenvalue weighted by molar-refractivity contribution is 5.68. The summed E-state index contributed by atoms with van der Waals surface area (Å²) in [5.74, 6) is 0.575. The topological polar surface area (TPSA) is 84.6 Å². The molecule has 4 rings (SSSR count). The van der Waals surface area contributed by atoms with Gasteiger partial charge < -0.3 is 4.74 Å². The highest BCUT2D eigenvalue weighted by atomic mass is 16.5. The number of hydrogen-bond acceptors (Lipinski definition) is 6. The molecule has 6 nitrogen and oxygen atoms in total. The molecule has 1 aliphatic carbocycles. The Morgan fingerprint density at radius 1 is 1.12 bits per heavy atom. The van der Waals surface area contributed by atoms with Crippen LogP contribution in [0, 0.1) is 11.3 Å². The van der Waals surface area contributed by atoms with Crippen molar-refractivity contribution in [3.05, 3.63) is 65.6 Å². The van der Waals surface area contributed by atoms with Crippen molar-refractivity contribution in [3.63, 3.8) is 0 Å². The van der Waals surface area contributed by atoms with Crippen molar-refractivity contribution >= 4 is 0 Å². The predicted molar refractivity (Wildman–Crippen MR) is 90.6 cm³/mol. The molecule has 3 aromatic rings. The van der Waals surface area contributed by atoms with E-state index in [2.05, 4.69) is 26.0 Å². The zero-order valence-corrected chi connectivity index (χ0v) is 13.5. The van der Waals surface area contributed by atoms with Gasteiger partial charge in [0, 0.05) is 35.9 Å². The van der Waals surface area contributed by atoms with Gasteiger partial charge in [-0.05, 0) is 42.5 Å². The number of fused-ring (bicyclic) bond motifs is 1. The summed E-state index contributed by atoms with van der Waals surface area (Å²) in [5, 5.41) is 8.82. The molecule has 0 atom stereocenters. The number of ether oxygens (including phenoxy) is 1. The summed E-state index contributed by atoms with van der Waals surface area (Å²) in [6, 6.07) is 7.53. The van der Waals surface area contributed by atoms with Gasteiger partial charge in [-0.25, -0.2) is 15.0 Å². The second kappa shape index (κ2) is 6.65. The van der Waals surface area contributed by atoms with Crippen molar-refractivity contribution < 1.29 is 4.74 Å². The normalized spacial score (nSPS) is 12.4. The molecule has 0 saturated heterocycles. The van der Waals surface area contributed by atoms with E-state index in [4.69, 9.17) is 10.00 Å². The molecule has 0 unspecified atom stereocenters. The summed E-state index contributed by atoms with van der Waals surface area (Å²) in [5.41, 5.74) is 5.70. The van der Waals surface area contributed by atoms with E-state index >= 15 is 0 Å². The summed E-state index contributed by atoms with van der Waals surface area (Å²) in [7, 11) is 0. The zero-order valence-electron chi connectivity index (χ0n) is 13.5. The summed E-state index contributed by atoms with van der Waals surface area (Å²) >= 11 is 0. The number of pyridine rings is 2. The number of nitrogens with zero attached hydrogens (tertiary/aromatic N) is 5. The molecule has 0 amide bonds. The Hall–Kier alpha value is -3.33. The lowest BCUT2D eigenvalue weighted by atomic mass is 10.0. The van der Waals surface area contributed by atoms with Gasteiger partial charge in [-0.2, -0.15) is 5.26 Å². The molecule has 0 aromatic carbocycles.